The molecule has 0 saturated heterocycles. The molecule has 9 heteroatoms. The number of hydrogen-bond donors (Lipinski definition) is 2. The number of nitrogens with two attached hydrogens (primary N) is 1. The van der Waals surface area contributed by atoms with Crippen LogP contribution in [0.25, 0.3) is 0 Å². The topological polar surface area (TPSA) is 124 Å². The summed E-state index contributed by atoms with van der Waals surface area (Å²) in [6.07, 6.45) is 0. The summed E-state index contributed by atoms with van der Waals surface area (Å²) in [4.78, 5) is 11.6. The Bertz CT molecular complexity index is 761. The first-order valence-corrected chi connectivity index (χ1v) is 7.13. The van der Waals surface area contributed by atoms with Crippen LogP contribution in [-0.4, -0.2) is 18.0 Å². The summed E-state index contributed by atoms with van der Waals surface area (Å²) in [7, 11) is -5.15. The van der Waals surface area contributed by atoms with Crippen LogP contribution in [0, 0.1) is 10.1 Å². The van der Waals surface area contributed by atoms with E-state index in [1.54, 1.807) is 6.07 Å². The Labute approximate surface area is 120 Å². The standard InChI is InChI=1S/C12H11N3O5S/c13-10-6-8-12(9-7-10)15(14(16)17,21(18,19)20)11-4-2-1-3-5-11/h1-9H,13H2/p+1. The molecule has 0 aromatic heterocycles. The lowest BCUT2D eigenvalue weighted by molar-refractivity contribution is -0.592. The summed E-state index contributed by atoms with van der Waals surface area (Å²) in [6, 6.07) is 11.9. The number of para-hydroxylation sites is 1. The molecule has 21 heavy (non-hydrogen) atoms. The van der Waals surface area contributed by atoms with Crippen LogP contribution >= 0.6 is 0 Å². The first kappa shape index (κ1) is 14.9. The molecule has 0 saturated carbocycles. The van der Waals surface area contributed by atoms with Crippen molar-refractivity contribution >= 4 is 27.4 Å². The van der Waals surface area contributed by atoms with Crippen LogP contribution in [0.4, 0.5) is 17.1 Å². The van der Waals surface area contributed by atoms with Gasteiger partial charge in [0.05, 0.1) is 0 Å². The lowest BCUT2D eigenvalue weighted by atomic mass is 10.2. The fourth-order valence-electron chi connectivity index (χ4n) is 1.99. The smallest absolute Gasteiger partial charge is 0.399 e. The quantitative estimate of drug-likeness (QED) is 0.292. The monoisotopic (exact) mass is 310 g/mol. The largest absolute Gasteiger partial charge is 0.503 e. The van der Waals surface area contributed by atoms with Gasteiger partial charge in [0.2, 0.25) is 11.4 Å². The highest BCUT2D eigenvalue weighted by atomic mass is 32.2. The average molecular weight is 310 g/mol. The summed E-state index contributed by atoms with van der Waals surface area (Å²) in [5.74, 6) is 0. The van der Waals surface area contributed by atoms with Gasteiger partial charge in [-0.1, -0.05) is 18.2 Å². The van der Waals surface area contributed by atoms with Crippen molar-refractivity contribution in [3.63, 3.8) is 0 Å². The number of benzene rings is 2. The van der Waals surface area contributed by atoms with Crippen LogP contribution in [0.15, 0.2) is 54.6 Å². The molecule has 2 aromatic carbocycles. The Balaban J connectivity index is 2.88. The second kappa shape index (κ2) is 5.13. The molecule has 0 amide bonds. The van der Waals surface area contributed by atoms with Crippen molar-refractivity contribution in [2.24, 2.45) is 0 Å². The van der Waals surface area contributed by atoms with E-state index in [2.05, 4.69) is 0 Å². The van der Waals surface area contributed by atoms with E-state index in [4.69, 9.17) is 5.73 Å². The summed E-state index contributed by atoms with van der Waals surface area (Å²) >= 11 is 0. The predicted molar refractivity (Wildman–Crippen MR) is 77.3 cm³/mol. The van der Waals surface area contributed by atoms with E-state index < -0.39 is 19.3 Å². The number of nitrogen functional groups attached to an aromatic ring is 1. The lowest BCUT2D eigenvalue weighted by Crippen LogP contribution is -2.53. The molecular weight excluding hydrogens is 298 g/mol. The van der Waals surface area contributed by atoms with Crippen LogP contribution < -0.4 is 9.73 Å². The highest BCUT2D eigenvalue weighted by molar-refractivity contribution is 7.85. The molecule has 0 aliphatic rings. The highest BCUT2D eigenvalue weighted by Crippen LogP contribution is 2.38. The van der Waals surface area contributed by atoms with Crippen molar-refractivity contribution in [1.82, 2.24) is 4.00 Å². The minimum atomic E-state index is -5.15. The lowest BCUT2D eigenvalue weighted by Gasteiger charge is -2.21. The van der Waals surface area contributed by atoms with Gasteiger partial charge in [0, 0.05) is 30.0 Å². The zero-order chi connectivity index (χ0) is 15.7. The number of anilines is 1. The molecule has 0 spiro atoms. The van der Waals surface area contributed by atoms with E-state index in [0.29, 0.717) is 5.69 Å². The van der Waals surface area contributed by atoms with Gasteiger partial charge in [-0.15, -0.1) is 8.42 Å². The maximum atomic E-state index is 11.8. The Morgan fingerprint density at radius 1 is 1.00 bits per heavy atom. The van der Waals surface area contributed by atoms with Crippen molar-refractivity contribution in [3.8, 4) is 0 Å². The molecule has 3 N–H and O–H groups in total. The molecule has 0 aliphatic heterocycles. The zero-order valence-electron chi connectivity index (χ0n) is 10.7. The van der Waals surface area contributed by atoms with Gasteiger partial charge in [-0.05, 0) is 12.1 Å². The van der Waals surface area contributed by atoms with E-state index in [-0.39, 0.29) is 11.4 Å². The molecule has 2 rings (SSSR count). The first-order chi connectivity index (χ1) is 9.80. The third-order valence-electron chi connectivity index (χ3n) is 2.91. The Hall–Kier alpha value is -2.49. The molecule has 0 bridgehead atoms. The van der Waals surface area contributed by atoms with Crippen LogP contribution in [0.1, 0.15) is 0 Å². The average Bonchev–Trinajstić information content (AvgIpc) is 2.41. The van der Waals surface area contributed by atoms with Crippen LogP contribution in [0.3, 0.4) is 0 Å². The van der Waals surface area contributed by atoms with Gasteiger partial charge in [0.1, 0.15) is 4.00 Å². The van der Waals surface area contributed by atoms with Gasteiger partial charge < -0.3 is 5.73 Å². The van der Waals surface area contributed by atoms with E-state index in [1.165, 1.54) is 48.5 Å². The SMILES string of the molecule is Nc1ccc([N+](c2ccccc2)([N+](=O)[O-])S(=O)(=O)O)cc1. The van der Waals surface area contributed by atoms with E-state index in [9.17, 15) is 23.1 Å². The Morgan fingerprint density at radius 3 is 1.90 bits per heavy atom. The Kier molecular flexibility index (Phi) is 3.64. The van der Waals surface area contributed by atoms with Gasteiger partial charge in [-0.25, -0.2) is 14.7 Å². The normalized spacial score (nSPS) is 14.3. The second-order valence-electron chi connectivity index (χ2n) is 4.19. The zero-order valence-corrected chi connectivity index (χ0v) is 11.5. The fraction of sp³-hybridized carbons (Fsp3) is 0. The minimum Gasteiger partial charge on any atom is -0.399 e. The molecule has 0 fully saturated rings. The van der Waals surface area contributed by atoms with Crippen LogP contribution in [0.5, 0.6) is 0 Å². The molecule has 8 nitrogen and oxygen atoms in total. The number of hydrogen-bond acceptors (Lipinski definition) is 5. The summed E-state index contributed by atoms with van der Waals surface area (Å²) in [5.41, 5.74) is 5.33. The van der Waals surface area contributed by atoms with Gasteiger partial charge in [-0.2, -0.15) is 0 Å². The molecule has 0 radical (unpaired) electrons. The number of rotatable bonds is 4. The predicted octanol–water partition coefficient (Wildman–Crippen LogP) is 1.90. The van der Waals surface area contributed by atoms with Crippen molar-refractivity contribution in [1.29, 1.82) is 0 Å². The minimum absolute atomic E-state index is 0.227. The van der Waals surface area contributed by atoms with Gasteiger partial charge in [0.25, 0.3) is 5.03 Å². The maximum absolute atomic E-state index is 11.8. The van der Waals surface area contributed by atoms with Crippen molar-refractivity contribution < 1.29 is 18.0 Å². The van der Waals surface area contributed by atoms with Crippen molar-refractivity contribution in [2.45, 2.75) is 0 Å². The maximum Gasteiger partial charge on any atom is 0.503 e. The summed E-state index contributed by atoms with van der Waals surface area (Å²) in [5, 5.41) is 10.5. The van der Waals surface area contributed by atoms with Crippen LogP contribution in [-0.2, 0) is 10.3 Å². The number of nitrogens with zero attached hydrogens (tertiary/aromatic N) is 2. The molecule has 110 valence electrons. The molecule has 0 aliphatic carbocycles. The highest BCUT2D eigenvalue weighted by Gasteiger charge is 2.59. The van der Waals surface area contributed by atoms with Crippen molar-refractivity contribution in [2.75, 3.05) is 5.73 Å². The Morgan fingerprint density at radius 2 is 1.48 bits per heavy atom. The molecule has 1 unspecified atom stereocenters. The van der Waals surface area contributed by atoms with Crippen molar-refractivity contribution in [3.05, 3.63) is 64.7 Å². The third-order valence-corrected chi connectivity index (χ3v) is 4.14. The number of quaternary nitrogens is 1. The van der Waals surface area contributed by atoms with E-state index in [0.717, 1.165) is 0 Å². The van der Waals surface area contributed by atoms with Crippen LogP contribution in [0.2, 0.25) is 0 Å². The van der Waals surface area contributed by atoms with Gasteiger partial charge >= 0.3 is 10.3 Å². The molecular formula is C12H12N3O5S+. The van der Waals surface area contributed by atoms with E-state index >= 15 is 0 Å². The summed E-state index contributed by atoms with van der Waals surface area (Å²) in [6.45, 7) is 0. The first-order valence-electron chi connectivity index (χ1n) is 5.73. The van der Waals surface area contributed by atoms with Gasteiger partial charge in [-0.3, -0.25) is 0 Å². The molecule has 2 aromatic rings. The van der Waals surface area contributed by atoms with Gasteiger partial charge in [0.15, 0.2) is 0 Å². The third kappa shape index (κ3) is 2.33. The fourth-order valence-corrected chi connectivity index (χ4v) is 2.94. The second-order valence-corrected chi connectivity index (χ2v) is 5.61. The van der Waals surface area contributed by atoms with E-state index in [1.807, 2.05) is 0 Å². The number of nitro groups is 1. The summed E-state index contributed by atoms with van der Waals surface area (Å²) < 4.78 is 31.3. The molecule has 0 heterocycles. The molecule has 1 atom stereocenters.